The number of nitrogens with two attached hydrogens (primary N) is 1. The number of hydrogen-bond donors (Lipinski definition) is 1. The molecule has 134 valence electrons. The summed E-state index contributed by atoms with van der Waals surface area (Å²) in [4.78, 5) is 14.8. The van der Waals surface area contributed by atoms with E-state index in [2.05, 4.69) is 0 Å². The van der Waals surface area contributed by atoms with Crippen molar-refractivity contribution in [2.75, 3.05) is 10.6 Å². The van der Waals surface area contributed by atoms with Crippen LogP contribution >= 0.6 is 11.6 Å². The van der Waals surface area contributed by atoms with Gasteiger partial charge in [-0.2, -0.15) is 0 Å². The second-order valence-electron chi connectivity index (χ2n) is 6.23. The number of fused-ring (bicyclic) bond motifs is 1. The van der Waals surface area contributed by atoms with Gasteiger partial charge in [0.25, 0.3) is 5.91 Å². The summed E-state index contributed by atoms with van der Waals surface area (Å²) in [5.74, 6) is 0.561. The second-order valence-corrected chi connectivity index (χ2v) is 6.64. The lowest BCUT2D eigenvalue weighted by molar-refractivity contribution is -0.117. The Morgan fingerprint density at radius 3 is 2.52 bits per heavy atom. The van der Waals surface area contributed by atoms with Gasteiger partial charge in [0.05, 0.1) is 12.2 Å². The molecule has 27 heavy (non-hydrogen) atoms. The fourth-order valence-electron chi connectivity index (χ4n) is 2.99. The summed E-state index contributed by atoms with van der Waals surface area (Å²) in [5.41, 5.74) is 8.89. The van der Waals surface area contributed by atoms with Gasteiger partial charge in [-0.05, 0) is 35.4 Å². The minimum absolute atomic E-state index is 0.226. The number of benzene rings is 3. The topological polar surface area (TPSA) is 55.6 Å². The number of carbonyl (C=O) groups is 1. The molecule has 0 spiro atoms. The molecule has 4 rings (SSSR count). The second kappa shape index (κ2) is 7.17. The molecule has 0 aliphatic carbocycles. The van der Waals surface area contributed by atoms with Gasteiger partial charge in [0.1, 0.15) is 0 Å². The number of nitrogen functional groups attached to an aromatic ring is 1. The maximum absolute atomic E-state index is 13.2. The molecular weight excluding hydrogens is 360 g/mol. The highest BCUT2D eigenvalue weighted by atomic mass is 35.5. The highest BCUT2D eigenvalue weighted by Crippen LogP contribution is 2.38. The van der Waals surface area contributed by atoms with Crippen LogP contribution in [0.15, 0.2) is 78.6 Å². The Bertz CT molecular complexity index is 1030. The van der Waals surface area contributed by atoms with Crippen LogP contribution in [0.4, 0.5) is 11.4 Å². The molecule has 0 fully saturated rings. The molecule has 0 radical (unpaired) electrons. The molecule has 0 unspecified atom stereocenters. The van der Waals surface area contributed by atoms with Crippen molar-refractivity contribution in [2.45, 2.75) is 6.54 Å². The first-order valence-electron chi connectivity index (χ1n) is 8.51. The first-order chi connectivity index (χ1) is 13.1. The maximum Gasteiger partial charge on any atom is 0.294 e. The number of anilines is 2. The molecule has 0 saturated heterocycles. The van der Waals surface area contributed by atoms with Gasteiger partial charge >= 0.3 is 0 Å². The van der Waals surface area contributed by atoms with E-state index in [4.69, 9.17) is 22.1 Å². The van der Waals surface area contributed by atoms with E-state index in [1.165, 1.54) is 0 Å². The zero-order valence-corrected chi connectivity index (χ0v) is 15.2. The van der Waals surface area contributed by atoms with Gasteiger partial charge in [0, 0.05) is 16.8 Å². The van der Waals surface area contributed by atoms with Crippen LogP contribution in [0.25, 0.3) is 6.08 Å². The number of hydrogen-bond acceptors (Lipinski definition) is 3. The third-order valence-electron chi connectivity index (χ3n) is 4.33. The van der Waals surface area contributed by atoms with Crippen LogP contribution in [0.2, 0.25) is 5.02 Å². The Hall–Kier alpha value is -3.24. The molecule has 1 aliphatic rings. The van der Waals surface area contributed by atoms with Crippen molar-refractivity contribution < 1.29 is 9.53 Å². The normalized spacial score (nSPS) is 14.8. The maximum atomic E-state index is 13.2. The highest BCUT2D eigenvalue weighted by molar-refractivity contribution is 6.31. The average Bonchev–Trinajstić information content (AvgIpc) is 2.67. The van der Waals surface area contributed by atoms with Crippen LogP contribution < -0.4 is 15.4 Å². The lowest BCUT2D eigenvalue weighted by atomic mass is 10.1. The summed E-state index contributed by atoms with van der Waals surface area (Å²) in [6.45, 7) is 0.338. The number of halogens is 1. The monoisotopic (exact) mass is 376 g/mol. The molecule has 2 N–H and O–H groups in total. The summed E-state index contributed by atoms with van der Waals surface area (Å²) in [6.07, 6.45) is 1.73. The Balaban J connectivity index is 1.78. The number of carbonyl (C=O) groups excluding carboxylic acids is 1. The van der Waals surface area contributed by atoms with Crippen LogP contribution in [0.3, 0.4) is 0 Å². The van der Waals surface area contributed by atoms with Gasteiger partial charge in [-0.15, -0.1) is 0 Å². The lowest BCUT2D eigenvalue weighted by Crippen LogP contribution is -2.37. The van der Waals surface area contributed by atoms with Crippen molar-refractivity contribution in [3.8, 4) is 5.75 Å². The van der Waals surface area contributed by atoms with E-state index in [-0.39, 0.29) is 11.7 Å². The Labute approximate surface area is 162 Å². The minimum atomic E-state index is -0.226. The third-order valence-corrected chi connectivity index (χ3v) is 4.70. The fraction of sp³-hybridized carbons (Fsp3) is 0.0455. The molecule has 4 nitrogen and oxygen atoms in total. The van der Waals surface area contributed by atoms with Gasteiger partial charge in [-0.1, -0.05) is 60.1 Å². The van der Waals surface area contributed by atoms with E-state index in [9.17, 15) is 4.79 Å². The Morgan fingerprint density at radius 2 is 1.74 bits per heavy atom. The molecule has 3 aromatic carbocycles. The van der Waals surface area contributed by atoms with Gasteiger partial charge in [-0.25, -0.2) is 0 Å². The molecule has 1 amide bonds. The molecule has 5 heteroatoms. The quantitative estimate of drug-likeness (QED) is 0.523. The predicted octanol–water partition coefficient (Wildman–Crippen LogP) is 4.89. The average molecular weight is 377 g/mol. The molecule has 0 saturated carbocycles. The van der Waals surface area contributed by atoms with Gasteiger partial charge in [-0.3, -0.25) is 9.69 Å². The van der Waals surface area contributed by atoms with Crippen LogP contribution in [0.5, 0.6) is 5.75 Å². The molecule has 0 bridgehead atoms. The Kier molecular flexibility index (Phi) is 4.57. The predicted molar refractivity (Wildman–Crippen MR) is 109 cm³/mol. The van der Waals surface area contributed by atoms with Gasteiger partial charge < -0.3 is 10.5 Å². The van der Waals surface area contributed by atoms with E-state index >= 15 is 0 Å². The summed E-state index contributed by atoms with van der Waals surface area (Å²) < 4.78 is 5.88. The molecule has 1 heterocycles. The van der Waals surface area contributed by atoms with Crippen LogP contribution in [-0.2, 0) is 11.3 Å². The zero-order chi connectivity index (χ0) is 18.8. The summed E-state index contributed by atoms with van der Waals surface area (Å²) in [7, 11) is 0. The number of rotatable bonds is 3. The van der Waals surface area contributed by atoms with E-state index in [0.29, 0.717) is 28.7 Å². The van der Waals surface area contributed by atoms with Crippen molar-refractivity contribution in [2.24, 2.45) is 0 Å². The van der Waals surface area contributed by atoms with E-state index < -0.39 is 0 Å². The smallest absolute Gasteiger partial charge is 0.294 e. The van der Waals surface area contributed by atoms with Gasteiger partial charge in [0.2, 0.25) is 0 Å². The van der Waals surface area contributed by atoms with E-state index in [1.54, 1.807) is 29.2 Å². The summed E-state index contributed by atoms with van der Waals surface area (Å²) in [5, 5.41) is 0.613. The lowest BCUT2D eigenvalue weighted by Gasteiger charge is -2.31. The van der Waals surface area contributed by atoms with Gasteiger partial charge in [0.15, 0.2) is 11.5 Å². The van der Waals surface area contributed by atoms with Crippen LogP contribution in [0.1, 0.15) is 11.1 Å². The Morgan fingerprint density at radius 1 is 1.00 bits per heavy atom. The van der Waals surface area contributed by atoms with Crippen molar-refractivity contribution >= 4 is 35.0 Å². The molecular formula is C22H17ClN2O2. The summed E-state index contributed by atoms with van der Waals surface area (Å²) in [6, 6.07) is 22.3. The van der Waals surface area contributed by atoms with Crippen LogP contribution in [0, 0.1) is 0 Å². The first-order valence-corrected chi connectivity index (χ1v) is 8.89. The third kappa shape index (κ3) is 3.52. The first kappa shape index (κ1) is 17.2. The van der Waals surface area contributed by atoms with Crippen LogP contribution in [-0.4, -0.2) is 5.91 Å². The van der Waals surface area contributed by atoms with E-state index in [1.807, 2.05) is 54.6 Å². The van der Waals surface area contributed by atoms with Crippen molar-refractivity contribution in [3.05, 3.63) is 94.7 Å². The summed E-state index contributed by atoms with van der Waals surface area (Å²) >= 11 is 6.31. The van der Waals surface area contributed by atoms with Crippen molar-refractivity contribution in [3.63, 3.8) is 0 Å². The fourth-order valence-corrected chi connectivity index (χ4v) is 3.18. The van der Waals surface area contributed by atoms with Crippen molar-refractivity contribution in [1.29, 1.82) is 0 Å². The van der Waals surface area contributed by atoms with E-state index in [0.717, 1.165) is 11.1 Å². The number of amides is 1. The molecule has 0 atom stereocenters. The number of ether oxygens (including phenoxy) is 1. The molecule has 0 aromatic heterocycles. The minimum Gasteiger partial charge on any atom is -0.449 e. The zero-order valence-electron chi connectivity index (χ0n) is 14.4. The van der Waals surface area contributed by atoms with Crippen molar-refractivity contribution in [1.82, 2.24) is 0 Å². The standard InChI is InChI=1S/C22H17ClN2O2/c23-18-9-5-4-8-16(18)14-25-19-11-10-17(24)13-20(19)27-21(22(25)26)12-15-6-2-1-3-7-15/h1-13H,14,24H2/b21-12+. The molecule has 3 aromatic rings. The SMILES string of the molecule is Nc1ccc2c(c1)O/C(=C/c1ccccc1)C(=O)N2Cc1ccccc1Cl. The highest BCUT2D eigenvalue weighted by Gasteiger charge is 2.31. The number of nitrogens with zero attached hydrogens (tertiary/aromatic N) is 1. The molecule has 1 aliphatic heterocycles. The largest absolute Gasteiger partial charge is 0.449 e.